The highest BCUT2D eigenvalue weighted by atomic mass is 16.5. The number of nitrogens with one attached hydrogen (secondary N) is 1. The topological polar surface area (TPSA) is 64.6 Å². The fourth-order valence-corrected chi connectivity index (χ4v) is 2.15. The molecule has 0 unspecified atom stereocenters. The molecule has 0 fully saturated rings. The van der Waals surface area contributed by atoms with Crippen LogP contribution in [0.15, 0.2) is 42.5 Å². The summed E-state index contributed by atoms with van der Waals surface area (Å²) in [6, 6.07) is 13.7. The minimum atomic E-state index is -0.242. The molecule has 0 heterocycles. The van der Waals surface area contributed by atoms with Gasteiger partial charge < -0.3 is 14.8 Å². The van der Waals surface area contributed by atoms with Gasteiger partial charge in [-0.1, -0.05) is 30.3 Å². The monoisotopic (exact) mass is 315 g/mol. The maximum absolute atomic E-state index is 11.7. The van der Waals surface area contributed by atoms with E-state index >= 15 is 0 Å². The van der Waals surface area contributed by atoms with Crippen molar-refractivity contribution in [3.05, 3.63) is 42.5 Å². The number of hydrogen-bond acceptors (Lipinski definition) is 4. The molecule has 0 aliphatic rings. The van der Waals surface area contributed by atoms with Crippen LogP contribution in [0.2, 0.25) is 0 Å². The molecular formula is C18H21NO4. The number of esters is 1. The van der Waals surface area contributed by atoms with E-state index < -0.39 is 0 Å². The van der Waals surface area contributed by atoms with Gasteiger partial charge in [0.15, 0.2) is 6.61 Å². The number of ether oxygens (including phenoxy) is 2. The van der Waals surface area contributed by atoms with Crippen molar-refractivity contribution >= 4 is 22.6 Å². The lowest BCUT2D eigenvalue weighted by Gasteiger charge is -2.08. The van der Waals surface area contributed by atoms with E-state index in [1.165, 1.54) is 0 Å². The van der Waals surface area contributed by atoms with Crippen LogP contribution in [0.25, 0.3) is 10.8 Å². The first kappa shape index (κ1) is 16.8. The summed E-state index contributed by atoms with van der Waals surface area (Å²) in [5.74, 6) is 0.210. The Morgan fingerprint density at radius 2 is 1.87 bits per heavy atom. The predicted octanol–water partition coefficient (Wildman–Crippen LogP) is 2.68. The van der Waals surface area contributed by atoms with E-state index in [1.54, 1.807) is 6.92 Å². The molecule has 23 heavy (non-hydrogen) atoms. The molecule has 0 atom stereocenters. The predicted molar refractivity (Wildman–Crippen MR) is 88.3 cm³/mol. The van der Waals surface area contributed by atoms with Gasteiger partial charge in [0.25, 0.3) is 5.91 Å². The molecule has 0 radical (unpaired) electrons. The van der Waals surface area contributed by atoms with Gasteiger partial charge >= 0.3 is 5.97 Å². The minimum absolute atomic E-state index is 0.0439. The summed E-state index contributed by atoms with van der Waals surface area (Å²) in [5, 5.41) is 4.91. The van der Waals surface area contributed by atoms with Crippen molar-refractivity contribution in [3.8, 4) is 5.75 Å². The van der Waals surface area contributed by atoms with Gasteiger partial charge in [-0.15, -0.1) is 0 Å². The van der Waals surface area contributed by atoms with Crippen molar-refractivity contribution in [1.82, 2.24) is 5.32 Å². The van der Waals surface area contributed by atoms with Crippen molar-refractivity contribution in [2.75, 3.05) is 19.8 Å². The molecule has 5 heteroatoms. The molecule has 2 aromatic rings. The van der Waals surface area contributed by atoms with E-state index in [9.17, 15) is 9.59 Å². The summed E-state index contributed by atoms with van der Waals surface area (Å²) in [6.45, 7) is 2.53. The van der Waals surface area contributed by atoms with Crippen LogP contribution in [0, 0.1) is 0 Å². The summed E-state index contributed by atoms with van der Waals surface area (Å²) in [7, 11) is 0. The first-order valence-corrected chi connectivity index (χ1v) is 7.73. The molecule has 0 aliphatic heterocycles. The summed E-state index contributed by atoms with van der Waals surface area (Å²) in [5.41, 5.74) is 0. The molecule has 2 rings (SSSR count). The van der Waals surface area contributed by atoms with E-state index in [1.807, 2.05) is 42.5 Å². The molecule has 0 bridgehead atoms. The first-order valence-electron chi connectivity index (χ1n) is 7.73. The number of rotatable bonds is 8. The molecule has 5 nitrogen and oxygen atoms in total. The zero-order valence-electron chi connectivity index (χ0n) is 13.2. The summed E-state index contributed by atoms with van der Waals surface area (Å²) >= 11 is 0. The lowest BCUT2D eigenvalue weighted by Crippen LogP contribution is -2.30. The largest absolute Gasteiger partial charge is 0.484 e. The van der Waals surface area contributed by atoms with Crippen LogP contribution in [0.4, 0.5) is 0 Å². The van der Waals surface area contributed by atoms with Crippen molar-refractivity contribution in [2.45, 2.75) is 19.8 Å². The van der Waals surface area contributed by atoms with Crippen LogP contribution in [-0.2, 0) is 14.3 Å². The minimum Gasteiger partial charge on any atom is -0.484 e. The number of amides is 1. The Morgan fingerprint density at radius 1 is 1.09 bits per heavy atom. The average molecular weight is 315 g/mol. The lowest BCUT2D eigenvalue weighted by atomic mass is 10.1. The molecule has 0 aliphatic carbocycles. The molecule has 0 aromatic heterocycles. The van der Waals surface area contributed by atoms with Crippen LogP contribution in [0.1, 0.15) is 19.8 Å². The van der Waals surface area contributed by atoms with Gasteiger partial charge in [-0.2, -0.15) is 0 Å². The highest BCUT2D eigenvalue weighted by molar-refractivity contribution is 5.84. The number of benzene rings is 2. The normalized spacial score (nSPS) is 10.3. The van der Waals surface area contributed by atoms with Gasteiger partial charge in [0.2, 0.25) is 0 Å². The Labute approximate surface area is 135 Å². The number of carbonyl (C=O) groups is 2. The van der Waals surface area contributed by atoms with Crippen LogP contribution < -0.4 is 10.1 Å². The fraction of sp³-hybridized carbons (Fsp3) is 0.333. The Bertz CT molecular complexity index is 669. The molecule has 2 aromatic carbocycles. The third-order valence-corrected chi connectivity index (χ3v) is 3.28. The van der Waals surface area contributed by atoms with Crippen LogP contribution in [-0.4, -0.2) is 31.6 Å². The van der Waals surface area contributed by atoms with Gasteiger partial charge in [-0.25, -0.2) is 0 Å². The van der Waals surface area contributed by atoms with Crippen molar-refractivity contribution in [1.29, 1.82) is 0 Å². The molecule has 0 saturated heterocycles. The number of hydrogen-bond donors (Lipinski definition) is 1. The Balaban J connectivity index is 1.70. The quantitative estimate of drug-likeness (QED) is 0.601. The molecular weight excluding hydrogens is 294 g/mol. The van der Waals surface area contributed by atoms with Gasteiger partial charge in [0.1, 0.15) is 5.75 Å². The van der Waals surface area contributed by atoms with Crippen LogP contribution >= 0.6 is 0 Å². The maximum Gasteiger partial charge on any atom is 0.305 e. The van der Waals surface area contributed by atoms with Gasteiger partial charge in [-0.3, -0.25) is 9.59 Å². The van der Waals surface area contributed by atoms with Gasteiger partial charge in [0, 0.05) is 13.0 Å². The SMILES string of the molecule is CCOC(=O)CCCNC(=O)COc1ccc2ccccc2c1. The lowest BCUT2D eigenvalue weighted by molar-refractivity contribution is -0.143. The molecule has 0 saturated carbocycles. The van der Waals surface area contributed by atoms with Crippen molar-refractivity contribution in [3.63, 3.8) is 0 Å². The van der Waals surface area contributed by atoms with E-state index in [0.29, 0.717) is 31.7 Å². The molecule has 1 N–H and O–H groups in total. The van der Waals surface area contributed by atoms with Gasteiger partial charge in [-0.05, 0) is 36.2 Å². The third-order valence-electron chi connectivity index (χ3n) is 3.28. The second kappa shape index (κ2) is 8.78. The highest BCUT2D eigenvalue weighted by Crippen LogP contribution is 2.20. The Hall–Kier alpha value is -2.56. The average Bonchev–Trinajstić information content (AvgIpc) is 2.57. The summed E-state index contributed by atoms with van der Waals surface area (Å²) < 4.78 is 10.3. The maximum atomic E-state index is 11.7. The molecule has 122 valence electrons. The van der Waals surface area contributed by atoms with E-state index in [-0.39, 0.29) is 18.5 Å². The number of carbonyl (C=O) groups excluding carboxylic acids is 2. The summed E-state index contributed by atoms with van der Waals surface area (Å²) in [4.78, 5) is 22.8. The zero-order chi connectivity index (χ0) is 16.5. The summed E-state index contributed by atoms with van der Waals surface area (Å²) in [6.07, 6.45) is 0.861. The Kier molecular flexibility index (Phi) is 6.41. The zero-order valence-corrected chi connectivity index (χ0v) is 13.2. The van der Waals surface area contributed by atoms with Crippen molar-refractivity contribution < 1.29 is 19.1 Å². The molecule has 0 spiro atoms. The molecule has 1 amide bonds. The fourth-order valence-electron chi connectivity index (χ4n) is 2.15. The van der Waals surface area contributed by atoms with Gasteiger partial charge in [0.05, 0.1) is 6.61 Å². The van der Waals surface area contributed by atoms with E-state index in [0.717, 1.165) is 10.8 Å². The second-order valence-electron chi connectivity index (χ2n) is 5.06. The second-order valence-corrected chi connectivity index (χ2v) is 5.06. The van der Waals surface area contributed by atoms with E-state index in [2.05, 4.69) is 5.32 Å². The number of fused-ring (bicyclic) bond motifs is 1. The van der Waals surface area contributed by atoms with Crippen LogP contribution in [0.3, 0.4) is 0 Å². The highest BCUT2D eigenvalue weighted by Gasteiger charge is 2.05. The first-order chi connectivity index (χ1) is 11.2. The van der Waals surface area contributed by atoms with Crippen molar-refractivity contribution in [2.24, 2.45) is 0 Å². The third kappa shape index (κ3) is 5.62. The van der Waals surface area contributed by atoms with E-state index in [4.69, 9.17) is 9.47 Å². The smallest absolute Gasteiger partial charge is 0.305 e. The Morgan fingerprint density at radius 3 is 2.65 bits per heavy atom. The standard InChI is InChI=1S/C18H21NO4/c1-2-22-18(21)8-5-11-19-17(20)13-23-16-10-9-14-6-3-4-7-15(14)12-16/h3-4,6-7,9-10,12H,2,5,8,11,13H2,1H3,(H,19,20). The van der Waals surface area contributed by atoms with Crippen LogP contribution in [0.5, 0.6) is 5.75 Å².